The summed E-state index contributed by atoms with van der Waals surface area (Å²) in [5, 5.41) is 28.3. The smallest absolute Gasteiger partial charge is 0.326 e. The highest BCUT2D eigenvalue weighted by atomic mass is 16.5. The molecule has 0 unspecified atom stereocenters. The van der Waals surface area contributed by atoms with E-state index in [2.05, 4.69) is 21.3 Å². The number of benzene rings is 2. The predicted molar refractivity (Wildman–Crippen MR) is 128 cm³/mol. The number of urea groups is 2. The summed E-state index contributed by atoms with van der Waals surface area (Å²) in [5.41, 5.74) is 3.06. The van der Waals surface area contributed by atoms with Gasteiger partial charge in [0.1, 0.15) is 17.1 Å². The fourth-order valence-electron chi connectivity index (χ4n) is 3.37. The van der Waals surface area contributed by atoms with Crippen molar-refractivity contribution in [1.82, 2.24) is 21.3 Å². The lowest BCUT2D eigenvalue weighted by Crippen LogP contribution is -2.22. The Balaban J connectivity index is 0.000000202. The molecule has 2 aliphatic rings. The van der Waals surface area contributed by atoms with Crippen LogP contribution in [0.1, 0.15) is 22.3 Å². The van der Waals surface area contributed by atoms with Crippen LogP contribution in [0, 0.1) is 13.8 Å². The minimum absolute atomic E-state index is 0.111. The maximum Gasteiger partial charge on any atom is 0.326 e. The van der Waals surface area contributed by atoms with Gasteiger partial charge in [-0.15, -0.1) is 0 Å². The minimum Gasteiger partial charge on any atom is -0.507 e. The molecule has 12 heteroatoms. The van der Waals surface area contributed by atoms with Gasteiger partial charge in [-0.2, -0.15) is 0 Å². The van der Waals surface area contributed by atoms with E-state index in [0.717, 1.165) is 16.7 Å². The summed E-state index contributed by atoms with van der Waals surface area (Å²) in [6.45, 7) is 3.55. The minimum atomic E-state index is -0.575. The maximum atomic E-state index is 11.4. The Bertz CT molecular complexity index is 1280. The van der Waals surface area contributed by atoms with Gasteiger partial charge in [-0.25, -0.2) is 9.59 Å². The SMILES string of the molecule is COc1cc(/C=C2\NC(=O)NC2=O)cc(OC)c1O.Cc1cc(/C=C2\NC(=O)NC2=O)cc(C)c1O. The van der Waals surface area contributed by atoms with Crippen LogP contribution in [0.3, 0.4) is 0 Å². The number of aromatic hydroxyl groups is 2. The van der Waals surface area contributed by atoms with Gasteiger partial charge >= 0.3 is 12.1 Å². The molecule has 0 saturated carbocycles. The number of aryl methyl sites for hydroxylation is 2. The van der Waals surface area contributed by atoms with Gasteiger partial charge in [-0.1, -0.05) is 0 Å². The number of carbonyl (C=O) groups excluding carboxylic acids is 4. The molecule has 0 aliphatic carbocycles. The number of nitrogens with one attached hydrogen (secondary N) is 4. The van der Waals surface area contributed by atoms with Crippen molar-refractivity contribution in [1.29, 1.82) is 0 Å². The van der Waals surface area contributed by atoms with Crippen LogP contribution < -0.4 is 30.7 Å². The molecule has 6 amide bonds. The highest BCUT2D eigenvalue weighted by Crippen LogP contribution is 2.37. The van der Waals surface area contributed by atoms with E-state index < -0.39 is 23.9 Å². The Morgan fingerprint density at radius 2 is 1.03 bits per heavy atom. The van der Waals surface area contributed by atoms with Gasteiger partial charge in [0.15, 0.2) is 11.5 Å². The average molecular weight is 496 g/mol. The van der Waals surface area contributed by atoms with Crippen LogP contribution in [-0.4, -0.2) is 48.3 Å². The second-order valence-electron chi connectivity index (χ2n) is 7.71. The zero-order valence-corrected chi connectivity index (χ0v) is 19.8. The number of amides is 6. The molecule has 36 heavy (non-hydrogen) atoms. The van der Waals surface area contributed by atoms with Crippen molar-refractivity contribution in [3.8, 4) is 23.0 Å². The molecule has 0 bridgehead atoms. The average Bonchev–Trinajstić information content (AvgIpc) is 3.31. The first kappa shape index (κ1) is 25.6. The number of imide groups is 2. The number of rotatable bonds is 4. The molecule has 12 nitrogen and oxygen atoms in total. The number of ether oxygens (including phenoxy) is 2. The second-order valence-corrected chi connectivity index (χ2v) is 7.71. The number of hydrogen-bond donors (Lipinski definition) is 6. The fraction of sp³-hybridized carbons (Fsp3) is 0.167. The van der Waals surface area contributed by atoms with Gasteiger partial charge < -0.3 is 30.3 Å². The highest BCUT2D eigenvalue weighted by Gasteiger charge is 2.24. The topological polar surface area (TPSA) is 175 Å². The Labute approximate surface area is 205 Å². The molecule has 0 spiro atoms. The molecule has 0 aromatic heterocycles. The van der Waals surface area contributed by atoms with Gasteiger partial charge in [-0.3, -0.25) is 20.2 Å². The molecular formula is C24H24N4O8. The van der Waals surface area contributed by atoms with Crippen molar-refractivity contribution < 1.29 is 38.9 Å². The van der Waals surface area contributed by atoms with Gasteiger partial charge in [-0.05, 0) is 72.5 Å². The monoisotopic (exact) mass is 496 g/mol. The van der Waals surface area contributed by atoms with Gasteiger partial charge in [0.05, 0.1) is 14.2 Å². The summed E-state index contributed by atoms with van der Waals surface area (Å²) < 4.78 is 9.99. The quantitative estimate of drug-likeness (QED) is 0.274. The highest BCUT2D eigenvalue weighted by molar-refractivity contribution is 6.14. The largest absolute Gasteiger partial charge is 0.507 e. The van der Waals surface area contributed by atoms with E-state index in [-0.39, 0.29) is 34.4 Å². The van der Waals surface area contributed by atoms with Crippen LogP contribution in [0.15, 0.2) is 35.7 Å². The number of phenolic OH excluding ortho intramolecular Hbond substituents is 2. The maximum absolute atomic E-state index is 11.4. The second kappa shape index (κ2) is 10.5. The summed E-state index contributed by atoms with van der Waals surface area (Å²) >= 11 is 0. The number of hydrogen-bond acceptors (Lipinski definition) is 8. The third-order valence-corrected chi connectivity index (χ3v) is 5.08. The molecule has 2 fully saturated rings. The Hall–Kier alpha value is -5.00. The first-order valence-corrected chi connectivity index (χ1v) is 10.5. The fourth-order valence-corrected chi connectivity index (χ4v) is 3.37. The number of phenols is 2. The molecule has 188 valence electrons. The molecule has 6 N–H and O–H groups in total. The van der Waals surface area contributed by atoms with Crippen molar-refractivity contribution in [3.63, 3.8) is 0 Å². The zero-order valence-electron chi connectivity index (χ0n) is 19.8. The molecule has 4 rings (SSSR count). The standard InChI is InChI=1S/C12H12N2O5.C12H12N2O3/c1-18-8-4-6(5-9(19-2)10(8)15)3-7-11(16)14-12(17)13-7;1-6-3-8(4-7(2)10(6)15)5-9-11(16)14-12(17)13-9/h3-5,15H,1-2H3,(H2,13,14,16,17);3-5,15H,1-2H3,(H2,13,14,16,17)/b7-3-;9-5-. The summed E-state index contributed by atoms with van der Waals surface area (Å²) in [6.07, 6.45) is 3.02. The van der Waals surface area contributed by atoms with E-state index in [1.165, 1.54) is 32.4 Å². The van der Waals surface area contributed by atoms with Gasteiger partial charge in [0.25, 0.3) is 11.8 Å². The van der Waals surface area contributed by atoms with Crippen LogP contribution in [-0.2, 0) is 9.59 Å². The normalized spacial score (nSPS) is 16.7. The van der Waals surface area contributed by atoms with Crippen molar-refractivity contribution >= 4 is 36.0 Å². The third-order valence-electron chi connectivity index (χ3n) is 5.08. The van der Waals surface area contributed by atoms with Gasteiger partial charge in [0, 0.05) is 0 Å². The van der Waals surface area contributed by atoms with Crippen molar-refractivity contribution in [2.75, 3.05) is 14.2 Å². The Kier molecular flexibility index (Phi) is 7.48. The van der Waals surface area contributed by atoms with E-state index in [1.54, 1.807) is 32.1 Å². The van der Waals surface area contributed by atoms with E-state index >= 15 is 0 Å². The summed E-state index contributed by atoms with van der Waals surface area (Å²) in [4.78, 5) is 44.6. The Morgan fingerprint density at radius 1 is 0.639 bits per heavy atom. The molecule has 2 heterocycles. The van der Waals surface area contributed by atoms with E-state index in [4.69, 9.17) is 9.47 Å². The van der Waals surface area contributed by atoms with E-state index in [0.29, 0.717) is 5.56 Å². The zero-order chi connectivity index (χ0) is 26.6. The van der Waals surface area contributed by atoms with Crippen LogP contribution in [0.5, 0.6) is 23.0 Å². The predicted octanol–water partition coefficient (Wildman–Crippen LogP) is 1.78. The van der Waals surface area contributed by atoms with Crippen molar-refractivity contribution in [3.05, 3.63) is 57.9 Å². The van der Waals surface area contributed by atoms with Gasteiger partial charge in [0.2, 0.25) is 5.75 Å². The first-order valence-electron chi connectivity index (χ1n) is 10.5. The molecule has 2 saturated heterocycles. The molecular weight excluding hydrogens is 472 g/mol. The van der Waals surface area contributed by atoms with Crippen LogP contribution >= 0.6 is 0 Å². The van der Waals surface area contributed by atoms with Crippen LogP contribution in [0.4, 0.5) is 9.59 Å². The molecule has 0 atom stereocenters. The molecule has 2 aromatic carbocycles. The van der Waals surface area contributed by atoms with E-state index in [1.807, 2.05) is 0 Å². The third kappa shape index (κ3) is 5.73. The summed E-state index contributed by atoms with van der Waals surface area (Å²) in [7, 11) is 2.80. The Morgan fingerprint density at radius 3 is 1.36 bits per heavy atom. The molecule has 0 radical (unpaired) electrons. The first-order chi connectivity index (χ1) is 17.0. The van der Waals surface area contributed by atoms with Crippen LogP contribution in [0.2, 0.25) is 0 Å². The van der Waals surface area contributed by atoms with Crippen molar-refractivity contribution in [2.24, 2.45) is 0 Å². The lowest BCUT2D eigenvalue weighted by Gasteiger charge is -2.09. The van der Waals surface area contributed by atoms with Crippen molar-refractivity contribution in [2.45, 2.75) is 13.8 Å². The van der Waals surface area contributed by atoms with Crippen LogP contribution in [0.25, 0.3) is 12.2 Å². The lowest BCUT2D eigenvalue weighted by atomic mass is 10.0. The summed E-state index contributed by atoms with van der Waals surface area (Å²) in [5.74, 6) is -0.444. The van der Waals surface area contributed by atoms with E-state index in [9.17, 15) is 29.4 Å². The molecule has 2 aliphatic heterocycles. The molecule has 2 aromatic rings. The number of carbonyl (C=O) groups is 4. The lowest BCUT2D eigenvalue weighted by molar-refractivity contribution is -0.116. The number of methoxy groups -OCH3 is 2. The summed E-state index contributed by atoms with van der Waals surface area (Å²) in [6, 6.07) is 5.42.